The third-order valence-corrected chi connectivity index (χ3v) is 6.83. The summed E-state index contributed by atoms with van der Waals surface area (Å²) in [5.74, 6) is 1.11. The molecule has 1 aliphatic heterocycles. The molecule has 1 saturated heterocycles. The van der Waals surface area contributed by atoms with Gasteiger partial charge in [-0.1, -0.05) is 47.4 Å². The lowest BCUT2D eigenvalue weighted by Gasteiger charge is -2.27. The Morgan fingerprint density at radius 3 is 2.74 bits per heavy atom. The number of furan rings is 1. The first-order valence-electron chi connectivity index (χ1n) is 10.1. The van der Waals surface area contributed by atoms with Gasteiger partial charge in [-0.15, -0.1) is 10.2 Å². The summed E-state index contributed by atoms with van der Waals surface area (Å²) in [7, 11) is 0. The van der Waals surface area contributed by atoms with Crippen molar-refractivity contribution >= 4 is 34.1 Å². The fraction of sp³-hybridized carbons (Fsp3) is 0.381. The second-order valence-electron chi connectivity index (χ2n) is 7.03. The predicted octanol–water partition coefficient (Wildman–Crippen LogP) is 2.98. The Morgan fingerprint density at radius 2 is 1.94 bits per heavy atom. The molecule has 31 heavy (non-hydrogen) atoms. The normalized spacial score (nSPS) is 14.5. The molecule has 1 aliphatic rings. The lowest BCUT2D eigenvalue weighted by Crippen LogP contribution is -2.36. The second-order valence-corrected chi connectivity index (χ2v) is 9.23. The molecule has 3 heterocycles. The van der Waals surface area contributed by atoms with E-state index in [1.54, 1.807) is 6.26 Å². The monoisotopic (exact) mass is 459 g/mol. The lowest BCUT2D eigenvalue weighted by atomic mass is 10.1. The average Bonchev–Trinajstić information content (AvgIpc) is 3.48. The average molecular weight is 460 g/mol. The van der Waals surface area contributed by atoms with Crippen LogP contribution in [0.5, 0.6) is 0 Å². The summed E-state index contributed by atoms with van der Waals surface area (Å²) >= 11 is 2.81. The zero-order chi connectivity index (χ0) is 21.3. The van der Waals surface area contributed by atoms with Crippen LogP contribution in [0, 0.1) is 0 Å². The molecule has 8 nitrogen and oxygen atoms in total. The van der Waals surface area contributed by atoms with Crippen LogP contribution in [0.3, 0.4) is 0 Å². The summed E-state index contributed by atoms with van der Waals surface area (Å²) in [5, 5.41) is 15.1. The van der Waals surface area contributed by atoms with Crippen molar-refractivity contribution in [1.29, 1.82) is 0 Å². The number of anilines is 1. The number of rotatable bonds is 10. The molecule has 1 aromatic carbocycles. The smallest absolute Gasteiger partial charge is 0.230 e. The van der Waals surface area contributed by atoms with Gasteiger partial charge in [0.05, 0.1) is 31.8 Å². The molecule has 1 amide bonds. The van der Waals surface area contributed by atoms with E-state index in [9.17, 15) is 4.79 Å². The van der Waals surface area contributed by atoms with E-state index in [2.05, 4.69) is 37.9 Å². The van der Waals surface area contributed by atoms with Gasteiger partial charge in [0.15, 0.2) is 4.34 Å². The molecule has 164 valence electrons. The van der Waals surface area contributed by atoms with Crippen LogP contribution in [0.1, 0.15) is 16.9 Å². The van der Waals surface area contributed by atoms with Gasteiger partial charge in [-0.25, -0.2) is 0 Å². The minimum atomic E-state index is -0.0218. The lowest BCUT2D eigenvalue weighted by molar-refractivity contribution is -0.118. The predicted molar refractivity (Wildman–Crippen MR) is 121 cm³/mol. The van der Waals surface area contributed by atoms with Gasteiger partial charge in [-0.2, -0.15) is 0 Å². The highest BCUT2D eigenvalue weighted by Gasteiger charge is 2.13. The number of amides is 1. The fourth-order valence-electron chi connectivity index (χ4n) is 3.17. The molecule has 0 bridgehead atoms. The Labute approximate surface area is 189 Å². The van der Waals surface area contributed by atoms with Crippen LogP contribution in [-0.2, 0) is 29.2 Å². The van der Waals surface area contributed by atoms with Gasteiger partial charge >= 0.3 is 0 Å². The first kappa shape index (κ1) is 21.8. The van der Waals surface area contributed by atoms with Crippen molar-refractivity contribution in [2.45, 2.75) is 24.0 Å². The molecule has 0 atom stereocenters. The number of nitrogens with one attached hydrogen (secondary N) is 2. The molecule has 4 rings (SSSR count). The van der Waals surface area contributed by atoms with Crippen LogP contribution in [0.15, 0.2) is 51.4 Å². The van der Waals surface area contributed by atoms with Crippen molar-refractivity contribution in [3.05, 3.63) is 59.5 Å². The first-order valence-corrected chi connectivity index (χ1v) is 11.9. The highest BCUT2D eigenvalue weighted by atomic mass is 32.2. The zero-order valence-electron chi connectivity index (χ0n) is 17.1. The quantitative estimate of drug-likeness (QED) is 0.447. The maximum Gasteiger partial charge on any atom is 0.230 e. The summed E-state index contributed by atoms with van der Waals surface area (Å²) < 4.78 is 11.5. The van der Waals surface area contributed by atoms with Crippen LogP contribution in [-0.4, -0.2) is 53.1 Å². The van der Waals surface area contributed by atoms with E-state index in [1.165, 1.54) is 28.7 Å². The van der Waals surface area contributed by atoms with Gasteiger partial charge in [-0.3, -0.25) is 9.69 Å². The highest BCUT2D eigenvalue weighted by Crippen LogP contribution is 2.25. The van der Waals surface area contributed by atoms with E-state index < -0.39 is 0 Å². The van der Waals surface area contributed by atoms with E-state index in [0.717, 1.165) is 48.5 Å². The van der Waals surface area contributed by atoms with Crippen molar-refractivity contribution in [1.82, 2.24) is 20.4 Å². The summed E-state index contributed by atoms with van der Waals surface area (Å²) in [6.45, 7) is 5.39. The Hall–Kier alpha value is -2.40. The van der Waals surface area contributed by atoms with Crippen LogP contribution in [0.2, 0.25) is 0 Å². The Balaban J connectivity index is 1.21. The molecule has 0 radical (unpaired) electrons. The van der Waals surface area contributed by atoms with Crippen LogP contribution in [0.4, 0.5) is 5.13 Å². The molecular weight excluding hydrogens is 434 g/mol. The standard InChI is InChI=1S/C21H25N5O3S2/c27-19(15-30-21-25-24-20(31-21)23-13-18-6-3-9-29-18)22-12-16-4-1-2-5-17(16)14-26-7-10-28-11-8-26/h1-6,9H,7-8,10-15H2,(H,22,27)(H,23,24). The molecule has 0 saturated carbocycles. The molecule has 10 heteroatoms. The van der Waals surface area contributed by atoms with E-state index in [0.29, 0.717) is 24.0 Å². The van der Waals surface area contributed by atoms with E-state index in [-0.39, 0.29) is 5.91 Å². The SMILES string of the molecule is O=C(CSc1nnc(NCc2ccco2)s1)NCc1ccccc1CN1CCOCC1. The number of carbonyl (C=O) groups excluding carboxylic acids is 1. The Bertz CT molecular complexity index is 958. The third kappa shape index (κ3) is 6.79. The highest BCUT2D eigenvalue weighted by molar-refractivity contribution is 8.01. The van der Waals surface area contributed by atoms with Gasteiger partial charge in [0.1, 0.15) is 5.76 Å². The Morgan fingerprint density at radius 1 is 1.10 bits per heavy atom. The number of thioether (sulfide) groups is 1. The van der Waals surface area contributed by atoms with Crippen molar-refractivity contribution < 1.29 is 13.9 Å². The van der Waals surface area contributed by atoms with E-state index in [1.807, 2.05) is 24.3 Å². The number of hydrogen-bond acceptors (Lipinski definition) is 9. The van der Waals surface area contributed by atoms with Gasteiger partial charge in [0.2, 0.25) is 11.0 Å². The summed E-state index contributed by atoms with van der Waals surface area (Å²) in [6, 6.07) is 12.0. The van der Waals surface area contributed by atoms with Gasteiger partial charge in [0, 0.05) is 26.2 Å². The molecule has 0 aliphatic carbocycles. The van der Waals surface area contributed by atoms with Crippen molar-refractivity contribution in [3.63, 3.8) is 0 Å². The zero-order valence-corrected chi connectivity index (χ0v) is 18.7. The van der Waals surface area contributed by atoms with E-state index >= 15 is 0 Å². The number of carbonyl (C=O) groups is 1. The third-order valence-electron chi connectivity index (χ3n) is 4.82. The minimum Gasteiger partial charge on any atom is -0.467 e. The number of hydrogen-bond donors (Lipinski definition) is 2. The van der Waals surface area contributed by atoms with Crippen LogP contribution < -0.4 is 10.6 Å². The van der Waals surface area contributed by atoms with Crippen molar-refractivity contribution in [2.75, 3.05) is 37.4 Å². The maximum atomic E-state index is 12.3. The van der Waals surface area contributed by atoms with Crippen molar-refractivity contribution in [2.24, 2.45) is 0 Å². The molecule has 0 unspecified atom stereocenters. The minimum absolute atomic E-state index is 0.0218. The summed E-state index contributed by atoms with van der Waals surface area (Å²) in [6.07, 6.45) is 1.64. The van der Waals surface area contributed by atoms with Gasteiger partial charge in [0.25, 0.3) is 0 Å². The van der Waals surface area contributed by atoms with Gasteiger partial charge in [-0.05, 0) is 23.3 Å². The number of morpholine rings is 1. The molecule has 3 aromatic rings. The maximum absolute atomic E-state index is 12.3. The molecule has 0 spiro atoms. The number of nitrogens with zero attached hydrogens (tertiary/aromatic N) is 3. The Kier molecular flexibility index (Phi) is 7.94. The molecule has 2 N–H and O–H groups in total. The van der Waals surface area contributed by atoms with Crippen LogP contribution in [0.25, 0.3) is 0 Å². The molecular formula is C21H25N5O3S2. The fourth-order valence-corrected chi connectivity index (χ4v) is 4.75. The number of benzene rings is 1. The largest absolute Gasteiger partial charge is 0.467 e. The number of aromatic nitrogens is 2. The van der Waals surface area contributed by atoms with Gasteiger partial charge < -0.3 is 19.8 Å². The van der Waals surface area contributed by atoms with E-state index in [4.69, 9.17) is 9.15 Å². The van der Waals surface area contributed by atoms with Crippen molar-refractivity contribution in [3.8, 4) is 0 Å². The topological polar surface area (TPSA) is 92.5 Å². The molecule has 1 fully saturated rings. The summed E-state index contributed by atoms with van der Waals surface area (Å²) in [4.78, 5) is 14.7. The second kappa shape index (κ2) is 11.3. The molecule has 2 aromatic heterocycles. The summed E-state index contributed by atoms with van der Waals surface area (Å²) in [5.41, 5.74) is 2.39. The van der Waals surface area contributed by atoms with Crippen LogP contribution >= 0.6 is 23.1 Å². The first-order chi connectivity index (χ1) is 15.3. The number of ether oxygens (including phenoxy) is 1.